The lowest BCUT2D eigenvalue weighted by atomic mass is 9.64. The van der Waals surface area contributed by atoms with Gasteiger partial charge in [0.25, 0.3) is 5.69 Å². The summed E-state index contributed by atoms with van der Waals surface area (Å²) in [6.45, 7) is 6.75. The second-order valence-electron chi connectivity index (χ2n) is 8.11. The van der Waals surface area contributed by atoms with E-state index in [4.69, 9.17) is 5.73 Å². The van der Waals surface area contributed by atoms with Gasteiger partial charge in [-0.1, -0.05) is 26.8 Å². The van der Waals surface area contributed by atoms with Crippen molar-refractivity contribution in [3.8, 4) is 0 Å². The molecule has 1 amide bonds. The molecule has 1 aromatic rings. The van der Waals surface area contributed by atoms with Gasteiger partial charge in [0.05, 0.1) is 11.5 Å². The first-order valence-corrected chi connectivity index (χ1v) is 8.50. The number of rotatable bonds is 6. The number of nitro groups is 1. The molecule has 1 aliphatic rings. The van der Waals surface area contributed by atoms with E-state index in [1.165, 1.54) is 12.1 Å². The molecule has 0 heterocycles. The zero-order valence-electron chi connectivity index (χ0n) is 15.0. The van der Waals surface area contributed by atoms with Crippen LogP contribution in [0.25, 0.3) is 0 Å². The van der Waals surface area contributed by atoms with Crippen molar-refractivity contribution in [2.45, 2.75) is 52.1 Å². The maximum Gasteiger partial charge on any atom is 0.274 e. The van der Waals surface area contributed by atoms with E-state index in [-0.39, 0.29) is 29.8 Å². The number of nitro benzene ring substituents is 1. The first kappa shape index (κ1) is 19.3. The number of nitrogens with one attached hydrogen (secondary N) is 1. The van der Waals surface area contributed by atoms with Gasteiger partial charge < -0.3 is 16.2 Å². The van der Waals surface area contributed by atoms with E-state index in [0.29, 0.717) is 11.5 Å². The van der Waals surface area contributed by atoms with E-state index in [2.05, 4.69) is 26.1 Å². The van der Waals surface area contributed by atoms with Gasteiger partial charge in [-0.3, -0.25) is 14.9 Å². The minimum Gasteiger partial charge on any atom is -0.394 e. The molecule has 138 valence electrons. The van der Waals surface area contributed by atoms with Crippen LogP contribution in [0.3, 0.4) is 0 Å². The Morgan fingerprint density at radius 1 is 1.44 bits per heavy atom. The van der Waals surface area contributed by atoms with Crippen LogP contribution >= 0.6 is 0 Å². The molecule has 0 bridgehead atoms. The Bertz CT molecular complexity index is 674. The number of aliphatic hydroxyl groups is 1. The quantitative estimate of drug-likeness (QED) is 0.538. The summed E-state index contributed by atoms with van der Waals surface area (Å²) in [5.41, 5.74) is 5.28. The number of primary amides is 1. The van der Waals surface area contributed by atoms with E-state index in [9.17, 15) is 20.0 Å². The molecule has 1 aliphatic carbocycles. The Labute approximate surface area is 147 Å². The van der Waals surface area contributed by atoms with Crippen molar-refractivity contribution in [1.82, 2.24) is 5.32 Å². The summed E-state index contributed by atoms with van der Waals surface area (Å²) in [6, 6.07) is 4.25. The van der Waals surface area contributed by atoms with E-state index >= 15 is 0 Å². The van der Waals surface area contributed by atoms with Crippen LogP contribution in [-0.2, 0) is 6.54 Å². The third-order valence-electron chi connectivity index (χ3n) is 4.98. The number of hydrogen-bond donors (Lipinski definition) is 3. The van der Waals surface area contributed by atoms with Crippen LogP contribution in [0, 0.1) is 21.4 Å². The van der Waals surface area contributed by atoms with Gasteiger partial charge in [-0.15, -0.1) is 0 Å². The van der Waals surface area contributed by atoms with Crippen molar-refractivity contribution in [1.29, 1.82) is 0 Å². The molecule has 1 aromatic carbocycles. The predicted octanol–water partition coefficient (Wildman–Crippen LogP) is 2.36. The van der Waals surface area contributed by atoms with Gasteiger partial charge in [-0.2, -0.15) is 0 Å². The Morgan fingerprint density at radius 2 is 2.12 bits per heavy atom. The molecule has 2 atom stereocenters. The third kappa shape index (κ3) is 4.55. The van der Waals surface area contributed by atoms with Gasteiger partial charge >= 0.3 is 0 Å². The minimum absolute atomic E-state index is 0.0199. The van der Waals surface area contributed by atoms with Gasteiger partial charge in [0.2, 0.25) is 5.91 Å². The number of amides is 1. The average molecular weight is 349 g/mol. The smallest absolute Gasteiger partial charge is 0.274 e. The third-order valence-corrected chi connectivity index (χ3v) is 4.98. The number of carbonyl (C=O) groups is 1. The van der Waals surface area contributed by atoms with Crippen molar-refractivity contribution in [3.63, 3.8) is 0 Å². The molecule has 2 rings (SSSR count). The van der Waals surface area contributed by atoms with Crippen LogP contribution in [-0.4, -0.2) is 28.1 Å². The van der Waals surface area contributed by atoms with Gasteiger partial charge in [0.1, 0.15) is 0 Å². The number of aliphatic hydroxyl groups excluding tert-OH is 1. The van der Waals surface area contributed by atoms with Crippen molar-refractivity contribution in [2.24, 2.45) is 17.1 Å². The highest BCUT2D eigenvalue weighted by molar-refractivity contribution is 5.93. The van der Waals surface area contributed by atoms with Crippen molar-refractivity contribution in [2.75, 3.05) is 6.61 Å². The van der Waals surface area contributed by atoms with Gasteiger partial charge in [-0.05, 0) is 36.7 Å². The number of carbonyl (C=O) groups excluding carboxylic acids is 1. The molecule has 2 unspecified atom stereocenters. The van der Waals surface area contributed by atoms with E-state index in [0.717, 1.165) is 19.3 Å². The van der Waals surface area contributed by atoms with Crippen molar-refractivity contribution < 1.29 is 14.8 Å². The number of nitrogens with zero attached hydrogens (tertiary/aromatic N) is 1. The monoisotopic (exact) mass is 349 g/mol. The maximum atomic E-state index is 11.3. The van der Waals surface area contributed by atoms with Gasteiger partial charge in [0, 0.05) is 29.3 Å². The average Bonchev–Trinajstić information content (AvgIpc) is 2.50. The Hall–Kier alpha value is -1.99. The molecule has 4 N–H and O–H groups in total. The first-order valence-electron chi connectivity index (χ1n) is 8.50. The van der Waals surface area contributed by atoms with Crippen LogP contribution in [0.15, 0.2) is 18.2 Å². The predicted molar refractivity (Wildman–Crippen MR) is 95.1 cm³/mol. The molecule has 0 saturated heterocycles. The number of benzene rings is 1. The summed E-state index contributed by atoms with van der Waals surface area (Å²) in [5, 5.41) is 24.7. The van der Waals surface area contributed by atoms with E-state index in [1.54, 1.807) is 6.07 Å². The Balaban J connectivity index is 2.24. The zero-order valence-corrected chi connectivity index (χ0v) is 15.0. The molecular weight excluding hydrogens is 322 g/mol. The molecule has 1 fully saturated rings. The van der Waals surface area contributed by atoms with Crippen LogP contribution in [0.4, 0.5) is 5.69 Å². The number of hydrogen-bond acceptors (Lipinski definition) is 5. The second-order valence-corrected chi connectivity index (χ2v) is 8.11. The summed E-state index contributed by atoms with van der Waals surface area (Å²) in [5.74, 6) is -0.243. The molecule has 0 aliphatic heterocycles. The molecule has 0 radical (unpaired) electrons. The van der Waals surface area contributed by atoms with E-state index in [1.807, 2.05) is 0 Å². The topological polar surface area (TPSA) is 118 Å². The molecule has 7 heteroatoms. The summed E-state index contributed by atoms with van der Waals surface area (Å²) in [7, 11) is 0. The van der Waals surface area contributed by atoms with Crippen LogP contribution in [0.1, 0.15) is 56.0 Å². The summed E-state index contributed by atoms with van der Waals surface area (Å²) in [4.78, 5) is 22.1. The highest BCUT2D eigenvalue weighted by atomic mass is 16.6. The van der Waals surface area contributed by atoms with E-state index < -0.39 is 16.4 Å². The van der Waals surface area contributed by atoms with Crippen LogP contribution in [0.5, 0.6) is 0 Å². The van der Waals surface area contributed by atoms with Crippen molar-refractivity contribution >= 4 is 11.6 Å². The summed E-state index contributed by atoms with van der Waals surface area (Å²) >= 11 is 0. The van der Waals surface area contributed by atoms with Crippen LogP contribution in [0.2, 0.25) is 0 Å². The molecule has 7 nitrogen and oxygen atoms in total. The lowest BCUT2D eigenvalue weighted by Gasteiger charge is -2.47. The second kappa shape index (κ2) is 7.09. The lowest BCUT2D eigenvalue weighted by molar-refractivity contribution is -0.385. The van der Waals surface area contributed by atoms with Gasteiger partial charge in [0.15, 0.2) is 0 Å². The fraction of sp³-hybridized carbons (Fsp3) is 0.611. The normalized spacial score (nSPS) is 25.5. The zero-order chi connectivity index (χ0) is 18.8. The van der Waals surface area contributed by atoms with Gasteiger partial charge in [-0.25, -0.2) is 0 Å². The standard InChI is InChI=1S/C18H27N3O4/c1-12-7-17(2,3)10-18(8-12,11-22)20-9-14-5-4-13(16(19)23)6-15(14)21(24)25/h4-6,12,20,22H,7-11H2,1-3H3,(H2,19,23). The molecule has 0 aromatic heterocycles. The molecule has 25 heavy (non-hydrogen) atoms. The summed E-state index contributed by atoms with van der Waals surface area (Å²) in [6.07, 6.45) is 2.71. The number of nitrogens with two attached hydrogens (primary N) is 1. The fourth-order valence-corrected chi connectivity index (χ4v) is 4.37. The highest BCUT2D eigenvalue weighted by Gasteiger charge is 2.42. The van der Waals surface area contributed by atoms with Crippen molar-refractivity contribution in [3.05, 3.63) is 39.4 Å². The minimum atomic E-state index is -0.697. The molecule has 0 spiro atoms. The first-order chi connectivity index (χ1) is 11.6. The van der Waals surface area contributed by atoms with Crippen LogP contribution < -0.4 is 11.1 Å². The summed E-state index contributed by atoms with van der Waals surface area (Å²) < 4.78 is 0. The molecular formula is C18H27N3O4. The largest absolute Gasteiger partial charge is 0.394 e. The lowest BCUT2D eigenvalue weighted by Crippen LogP contribution is -2.54. The Kier molecular flexibility index (Phi) is 5.49. The highest BCUT2D eigenvalue weighted by Crippen LogP contribution is 2.43. The maximum absolute atomic E-state index is 11.3. The Morgan fingerprint density at radius 3 is 2.64 bits per heavy atom. The SMILES string of the molecule is CC1CC(C)(C)CC(CO)(NCc2ccc(C(N)=O)cc2[N+](=O)[O-])C1. The molecule has 1 saturated carbocycles. The fourth-order valence-electron chi connectivity index (χ4n) is 4.37.